The van der Waals surface area contributed by atoms with E-state index >= 15 is 0 Å². The van der Waals surface area contributed by atoms with Gasteiger partial charge in [0.15, 0.2) is 0 Å². The topological polar surface area (TPSA) is 0 Å². The van der Waals surface area contributed by atoms with E-state index in [0.717, 1.165) is 11.8 Å². The Balaban J connectivity index is 3.24. The van der Waals surface area contributed by atoms with Gasteiger partial charge >= 0.3 is 0 Å². The Hall–Kier alpha value is 0. The molecule has 2 atom stereocenters. The van der Waals surface area contributed by atoms with Crippen LogP contribution >= 0.6 is 0 Å². The fourth-order valence-electron chi connectivity index (χ4n) is 5.06. The molecule has 0 nitrogen and oxygen atoms in total. The lowest BCUT2D eigenvalue weighted by molar-refractivity contribution is 0.390. The third-order valence-electron chi connectivity index (χ3n) is 7.49. The second-order valence-electron chi connectivity index (χ2n) is 11.1. The minimum absolute atomic E-state index is 0.957. The third kappa shape index (κ3) is 26.1. The monoisotopic (exact) mass is 437 g/mol. The zero-order valence-electron chi connectivity index (χ0n) is 22.8. The minimum atomic E-state index is 0.957. The molecule has 31 heavy (non-hydrogen) atoms. The summed E-state index contributed by atoms with van der Waals surface area (Å²) in [5.41, 5.74) is 0. The maximum Gasteiger partial charge on any atom is -0.0443 e. The van der Waals surface area contributed by atoms with Gasteiger partial charge in [0.25, 0.3) is 0 Å². The summed E-state index contributed by atoms with van der Waals surface area (Å²) in [7, 11) is 0. The molecule has 0 rings (SSSR count). The van der Waals surface area contributed by atoms with Gasteiger partial charge in [0, 0.05) is 0 Å². The molecule has 0 heteroatoms. The summed E-state index contributed by atoms with van der Waals surface area (Å²) in [6, 6.07) is 0. The standard InChI is InChI=1S/C31H64/c1-5-7-9-11-13-14-15-16-17-18-19-20-22-24-27-31(4)29-25-28-30(3)26-23-21-12-10-8-6-2/h30-31H,5-29H2,1-4H3/t30-,31+/m1/s1. The van der Waals surface area contributed by atoms with Gasteiger partial charge in [-0.3, -0.25) is 0 Å². The molecule has 0 aliphatic rings. The Kier molecular flexibility index (Phi) is 26.3. The van der Waals surface area contributed by atoms with E-state index < -0.39 is 0 Å². The van der Waals surface area contributed by atoms with Gasteiger partial charge in [-0.2, -0.15) is 0 Å². The Morgan fingerprint density at radius 2 is 0.516 bits per heavy atom. The molecule has 0 bridgehead atoms. The molecule has 0 heterocycles. The molecular formula is C31H64. The molecule has 0 aromatic heterocycles. The van der Waals surface area contributed by atoms with Crippen molar-refractivity contribution in [2.24, 2.45) is 11.8 Å². The molecule has 0 saturated heterocycles. The Labute approximate surface area is 200 Å². The van der Waals surface area contributed by atoms with Crippen molar-refractivity contribution in [1.82, 2.24) is 0 Å². The van der Waals surface area contributed by atoms with Crippen molar-refractivity contribution in [3.05, 3.63) is 0 Å². The van der Waals surface area contributed by atoms with Crippen LogP contribution in [0.3, 0.4) is 0 Å². The van der Waals surface area contributed by atoms with Crippen LogP contribution < -0.4 is 0 Å². The van der Waals surface area contributed by atoms with Crippen molar-refractivity contribution in [2.75, 3.05) is 0 Å². The van der Waals surface area contributed by atoms with E-state index in [4.69, 9.17) is 0 Å². The summed E-state index contributed by atoms with van der Waals surface area (Å²) in [5, 5.41) is 0. The first-order chi connectivity index (χ1) is 15.2. The first-order valence-electron chi connectivity index (χ1n) is 15.2. The van der Waals surface area contributed by atoms with Crippen molar-refractivity contribution in [3.63, 3.8) is 0 Å². The first-order valence-corrected chi connectivity index (χ1v) is 15.2. The average molecular weight is 437 g/mol. The summed E-state index contributed by atoms with van der Waals surface area (Å²) in [6.45, 7) is 9.60. The molecule has 0 aliphatic heterocycles. The molecule has 0 aromatic rings. The van der Waals surface area contributed by atoms with Crippen molar-refractivity contribution in [3.8, 4) is 0 Å². The van der Waals surface area contributed by atoms with Crippen molar-refractivity contribution >= 4 is 0 Å². The number of rotatable bonds is 26. The summed E-state index contributed by atoms with van der Waals surface area (Å²) in [4.78, 5) is 0. The predicted molar refractivity (Wildman–Crippen MR) is 145 cm³/mol. The van der Waals surface area contributed by atoms with Crippen molar-refractivity contribution in [1.29, 1.82) is 0 Å². The average Bonchev–Trinajstić information content (AvgIpc) is 2.76. The quantitative estimate of drug-likeness (QED) is 0.118. The highest BCUT2D eigenvalue weighted by atomic mass is 14.1. The van der Waals surface area contributed by atoms with Crippen LogP contribution in [0.4, 0.5) is 0 Å². The maximum absolute atomic E-state index is 2.50. The van der Waals surface area contributed by atoms with E-state index in [2.05, 4.69) is 27.7 Å². The summed E-state index contributed by atoms with van der Waals surface area (Å²) >= 11 is 0. The molecule has 0 saturated carbocycles. The molecule has 188 valence electrons. The van der Waals surface area contributed by atoms with E-state index in [1.165, 1.54) is 161 Å². The molecule has 0 N–H and O–H groups in total. The second-order valence-corrected chi connectivity index (χ2v) is 11.1. The largest absolute Gasteiger partial charge is 0.0654 e. The summed E-state index contributed by atoms with van der Waals surface area (Å²) < 4.78 is 0. The minimum Gasteiger partial charge on any atom is -0.0654 e. The molecule has 0 aliphatic carbocycles. The Bertz CT molecular complexity index is 307. The molecule has 0 amide bonds. The van der Waals surface area contributed by atoms with E-state index in [1.807, 2.05) is 0 Å². The Morgan fingerprint density at radius 1 is 0.290 bits per heavy atom. The fraction of sp³-hybridized carbons (Fsp3) is 1.00. The van der Waals surface area contributed by atoms with Gasteiger partial charge in [0.1, 0.15) is 0 Å². The van der Waals surface area contributed by atoms with E-state index in [9.17, 15) is 0 Å². The molecule has 0 unspecified atom stereocenters. The van der Waals surface area contributed by atoms with E-state index in [0.29, 0.717) is 0 Å². The van der Waals surface area contributed by atoms with Crippen LogP contribution in [-0.4, -0.2) is 0 Å². The van der Waals surface area contributed by atoms with Crippen LogP contribution in [0.1, 0.15) is 188 Å². The van der Waals surface area contributed by atoms with Gasteiger partial charge in [-0.15, -0.1) is 0 Å². The van der Waals surface area contributed by atoms with Crippen molar-refractivity contribution in [2.45, 2.75) is 188 Å². The van der Waals surface area contributed by atoms with Gasteiger partial charge in [0.2, 0.25) is 0 Å². The lowest BCUT2D eigenvalue weighted by atomic mass is 9.92. The number of hydrogen-bond acceptors (Lipinski definition) is 0. The molecular weight excluding hydrogens is 372 g/mol. The van der Waals surface area contributed by atoms with Gasteiger partial charge in [-0.25, -0.2) is 0 Å². The second kappa shape index (κ2) is 26.3. The number of hydrogen-bond donors (Lipinski definition) is 0. The van der Waals surface area contributed by atoms with Crippen LogP contribution in [0, 0.1) is 11.8 Å². The SMILES string of the molecule is CCCCCCCCCCCCCCCC[C@H](C)CCC[C@H](C)CCCCCCCC. The van der Waals surface area contributed by atoms with Gasteiger partial charge in [-0.05, 0) is 11.8 Å². The van der Waals surface area contributed by atoms with E-state index in [1.54, 1.807) is 0 Å². The molecule has 0 aromatic carbocycles. The highest BCUT2D eigenvalue weighted by Gasteiger charge is 2.06. The van der Waals surface area contributed by atoms with Gasteiger partial charge in [-0.1, -0.05) is 188 Å². The normalized spacial score (nSPS) is 13.5. The lowest BCUT2D eigenvalue weighted by Gasteiger charge is -2.14. The first kappa shape index (κ1) is 31.0. The molecule has 0 radical (unpaired) electrons. The van der Waals surface area contributed by atoms with E-state index in [-0.39, 0.29) is 0 Å². The zero-order valence-corrected chi connectivity index (χ0v) is 22.8. The van der Waals surface area contributed by atoms with Crippen LogP contribution in [-0.2, 0) is 0 Å². The number of unbranched alkanes of at least 4 members (excludes halogenated alkanes) is 18. The molecule has 0 spiro atoms. The van der Waals surface area contributed by atoms with Crippen LogP contribution in [0.5, 0.6) is 0 Å². The molecule has 0 fully saturated rings. The van der Waals surface area contributed by atoms with Gasteiger partial charge in [0.05, 0.1) is 0 Å². The lowest BCUT2D eigenvalue weighted by Crippen LogP contribution is -1.99. The Morgan fingerprint density at radius 3 is 0.806 bits per heavy atom. The summed E-state index contributed by atoms with van der Waals surface area (Å²) in [5.74, 6) is 1.91. The fourth-order valence-corrected chi connectivity index (χ4v) is 5.06. The zero-order chi connectivity index (χ0) is 22.8. The van der Waals surface area contributed by atoms with Crippen LogP contribution in [0.25, 0.3) is 0 Å². The highest BCUT2D eigenvalue weighted by Crippen LogP contribution is 2.22. The van der Waals surface area contributed by atoms with Crippen molar-refractivity contribution < 1.29 is 0 Å². The maximum atomic E-state index is 2.50. The summed E-state index contributed by atoms with van der Waals surface area (Å²) in [6.07, 6.45) is 36.6. The predicted octanol–water partition coefficient (Wildman–Crippen LogP) is 12.1. The smallest absolute Gasteiger partial charge is 0.0443 e. The third-order valence-corrected chi connectivity index (χ3v) is 7.49. The highest BCUT2D eigenvalue weighted by molar-refractivity contribution is 4.59. The van der Waals surface area contributed by atoms with Crippen LogP contribution in [0.2, 0.25) is 0 Å². The van der Waals surface area contributed by atoms with Crippen LogP contribution in [0.15, 0.2) is 0 Å². The van der Waals surface area contributed by atoms with Gasteiger partial charge < -0.3 is 0 Å².